The van der Waals surface area contributed by atoms with Crippen LogP contribution in [0.25, 0.3) is 0 Å². The van der Waals surface area contributed by atoms with Crippen LogP contribution in [0.1, 0.15) is 92.9 Å². The van der Waals surface area contributed by atoms with Crippen molar-refractivity contribution in [1.82, 2.24) is 0 Å². The summed E-state index contributed by atoms with van der Waals surface area (Å²) in [6.45, 7) is 12.6. The average molecular weight is 489 g/mol. The molecule has 0 aliphatic heterocycles. The van der Waals surface area contributed by atoms with Gasteiger partial charge in [0.15, 0.2) is 0 Å². The minimum atomic E-state index is -1.03. The van der Waals surface area contributed by atoms with Crippen LogP contribution < -0.4 is 0 Å². The first-order valence-electron chi connectivity index (χ1n) is 13.3. The van der Waals surface area contributed by atoms with Crippen LogP contribution in [-0.2, 0) is 9.59 Å². The van der Waals surface area contributed by atoms with Gasteiger partial charge in [0.05, 0.1) is 18.1 Å². The van der Waals surface area contributed by atoms with Crippen LogP contribution in [0.3, 0.4) is 0 Å². The van der Waals surface area contributed by atoms with E-state index in [0.29, 0.717) is 12.3 Å². The Balaban J connectivity index is 1.75. The third-order valence-electron chi connectivity index (χ3n) is 11.7. The fraction of sp³-hybridized carbons (Fsp3) is 0.793. The molecular weight excluding hydrogens is 444 g/mol. The zero-order valence-electron chi connectivity index (χ0n) is 22.2. The molecule has 1 unspecified atom stereocenters. The van der Waals surface area contributed by atoms with Crippen molar-refractivity contribution in [3.63, 3.8) is 0 Å². The molecule has 2 fully saturated rings. The van der Waals surface area contributed by atoms with Gasteiger partial charge in [0.25, 0.3) is 0 Å². The molecule has 8 atom stereocenters. The standard InChI is InChI=1S/C29H44O6/c1-16(24(32)33)7-8-17(25(34)35)20-15-23(31)29(6)19-9-10-21-26(2,3)22(30)12-13-27(21,4)18(19)11-14-28(20,29)5/h7,17,20-23,30-31H,8-15H2,1-6H3,(H,32,33)(H,34,35)/b16-7+/t17-,20?,21-,22-,23-,27+,28+,29+/m0/s1. The fourth-order valence-electron chi connectivity index (χ4n) is 9.20. The van der Waals surface area contributed by atoms with Crippen molar-refractivity contribution in [3.8, 4) is 0 Å². The van der Waals surface area contributed by atoms with E-state index in [1.807, 2.05) is 0 Å². The molecule has 0 amide bonds. The van der Waals surface area contributed by atoms with Crippen molar-refractivity contribution >= 4 is 11.9 Å². The molecule has 6 nitrogen and oxygen atoms in total. The Bertz CT molecular complexity index is 978. The Labute approximate surface area is 209 Å². The van der Waals surface area contributed by atoms with Crippen molar-refractivity contribution in [1.29, 1.82) is 0 Å². The number of carboxylic acid groups (broad SMARTS) is 2. The van der Waals surface area contributed by atoms with Gasteiger partial charge in [-0.25, -0.2) is 4.79 Å². The number of hydrogen-bond acceptors (Lipinski definition) is 4. The SMILES string of the molecule is C/C(=C\C[C@H](C(=O)O)C1C[C@H](O)[C@@]2(C)C3=C(CC[C@]12C)[C@@]1(C)CC[C@H](O)C(C)(C)[C@@H]1CC3)C(=O)O. The van der Waals surface area contributed by atoms with Crippen LogP contribution in [0.5, 0.6) is 0 Å². The molecule has 4 aliphatic rings. The Morgan fingerprint density at radius 2 is 1.63 bits per heavy atom. The molecule has 6 heteroatoms. The van der Waals surface area contributed by atoms with Crippen LogP contribution in [0.15, 0.2) is 22.8 Å². The fourth-order valence-corrected chi connectivity index (χ4v) is 9.20. The van der Waals surface area contributed by atoms with Gasteiger partial charge >= 0.3 is 11.9 Å². The van der Waals surface area contributed by atoms with Crippen LogP contribution in [0.4, 0.5) is 0 Å². The molecule has 35 heavy (non-hydrogen) atoms. The maximum atomic E-state index is 12.4. The van der Waals surface area contributed by atoms with Gasteiger partial charge in [0.1, 0.15) is 0 Å². The first-order chi connectivity index (χ1) is 16.1. The van der Waals surface area contributed by atoms with Crippen molar-refractivity contribution in [3.05, 3.63) is 22.8 Å². The lowest BCUT2D eigenvalue weighted by molar-refractivity contribution is -0.146. The predicted octanol–water partition coefficient (Wildman–Crippen LogP) is 5.19. The van der Waals surface area contributed by atoms with E-state index in [0.717, 1.165) is 38.5 Å². The number of aliphatic hydroxyl groups is 2. The van der Waals surface area contributed by atoms with E-state index in [4.69, 9.17) is 0 Å². The van der Waals surface area contributed by atoms with Gasteiger partial charge in [0.2, 0.25) is 0 Å². The van der Waals surface area contributed by atoms with E-state index < -0.39 is 29.4 Å². The number of hydrogen-bond donors (Lipinski definition) is 4. The number of aliphatic carboxylic acids is 2. The number of carbonyl (C=O) groups is 2. The maximum absolute atomic E-state index is 12.4. The van der Waals surface area contributed by atoms with Crippen molar-refractivity contribution < 1.29 is 30.0 Å². The molecule has 0 heterocycles. The van der Waals surface area contributed by atoms with Crippen LogP contribution in [-0.4, -0.2) is 44.6 Å². The molecule has 0 aromatic rings. The summed E-state index contributed by atoms with van der Waals surface area (Å²) in [5.74, 6) is -2.53. The molecule has 0 aromatic heterocycles. The Hall–Kier alpha value is -1.66. The summed E-state index contributed by atoms with van der Waals surface area (Å²) >= 11 is 0. The molecule has 0 aromatic carbocycles. The molecule has 0 radical (unpaired) electrons. The third kappa shape index (κ3) is 3.57. The molecule has 4 N–H and O–H groups in total. The number of carboxylic acids is 2. The summed E-state index contributed by atoms with van der Waals surface area (Å²) in [7, 11) is 0. The lowest BCUT2D eigenvalue weighted by Crippen LogP contribution is -2.56. The summed E-state index contributed by atoms with van der Waals surface area (Å²) in [5, 5.41) is 41.8. The van der Waals surface area contributed by atoms with Gasteiger partial charge in [0, 0.05) is 11.0 Å². The molecule has 0 spiro atoms. The van der Waals surface area contributed by atoms with Crippen molar-refractivity contribution in [2.75, 3.05) is 0 Å². The molecule has 0 bridgehead atoms. The molecule has 0 saturated heterocycles. The lowest BCUT2D eigenvalue weighted by atomic mass is 9.43. The number of fused-ring (bicyclic) bond motifs is 4. The first-order valence-corrected chi connectivity index (χ1v) is 13.3. The van der Waals surface area contributed by atoms with E-state index in [1.54, 1.807) is 0 Å². The highest BCUT2D eigenvalue weighted by Crippen LogP contribution is 2.72. The zero-order chi connectivity index (χ0) is 26.1. The Morgan fingerprint density at radius 1 is 0.971 bits per heavy atom. The summed E-state index contributed by atoms with van der Waals surface area (Å²) in [6, 6.07) is 0. The zero-order valence-corrected chi connectivity index (χ0v) is 22.2. The molecular formula is C29H44O6. The highest BCUT2D eigenvalue weighted by Gasteiger charge is 2.67. The minimum absolute atomic E-state index is 0.00794. The third-order valence-corrected chi connectivity index (χ3v) is 11.7. The number of aliphatic hydroxyl groups excluding tert-OH is 2. The van der Waals surface area contributed by atoms with E-state index in [1.165, 1.54) is 24.1 Å². The van der Waals surface area contributed by atoms with E-state index in [9.17, 15) is 30.0 Å². The summed E-state index contributed by atoms with van der Waals surface area (Å²) in [6.07, 6.45) is 6.50. The van der Waals surface area contributed by atoms with E-state index in [2.05, 4.69) is 34.6 Å². The normalized spacial score (nSPS) is 43.7. The second-order valence-electron chi connectivity index (χ2n) is 13.2. The second kappa shape index (κ2) is 8.44. The summed E-state index contributed by atoms with van der Waals surface area (Å²) in [4.78, 5) is 23.7. The van der Waals surface area contributed by atoms with Gasteiger partial charge in [-0.15, -0.1) is 0 Å². The summed E-state index contributed by atoms with van der Waals surface area (Å²) in [5.41, 5.74) is 1.91. The van der Waals surface area contributed by atoms with Crippen LogP contribution in [0.2, 0.25) is 0 Å². The predicted molar refractivity (Wildman–Crippen MR) is 134 cm³/mol. The van der Waals surface area contributed by atoms with Gasteiger partial charge in [-0.05, 0) is 86.4 Å². The van der Waals surface area contributed by atoms with E-state index in [-0.39, 0.29) is 40.3 Å². The average Bonchev–Trinajstić information content (AvgIpc) is 2.98. The monoisotopic (exact) mass is 488 g/mol. The molecule has 196 valence electrons. The maximum Gasteiger partial charge on any atom is 0.330 e. The molecule has 4 aliphatic carbocycles. The van der Waals surface area contributed by atoms with E-state index >= 15 is 0 Å². The first kappa shape index (κ1) is 26.4. The largest absolute Gasteiger partial charge is 0.481 e. The quantitative estimate of drug-likeness (QED) is 0.313. The topological polar surface area (TPSA) is 115 Å². The smallest absolute Gasteiger partial charge is 0.330 e. The van der Waals surface area contributed by atoms with Gasteiger partial charge in [-0.3, -0.25) is 4.79 Å². The Morgan fingerprint density at radius 3 is 2.23 bits per heavy atom. The summed E-state index contributed by atoms with van der Waals surface area (Å²) < 4.78 is 0. The molecule has 2 saturated carbocycles. The van der Waals surface area contributed by atoms with Gasteiger partial charge < -0.3 is 20.4 Å². The van der Waals surface area contributed by atoms with Crippen molar-refractivity contribution in [2.45, 2.75) is 105 Å². The van der Waals surface area contributed by atoms with Crippen LogP contribution in [0, 0.1) is 39.4 Å². The minimum Gasteiger partial charge on any atom is -0.481 e. The second-order valence-corrected chi connectivity index (χ2v) is 13.2. The lowest BCUT2D eigenvalue weighted by Gasteiger charge is -2.62. The van der Waals surface area contributed by atoms with Gasteiger partial charge in [-0.1, -0.05) is 51.8 Å². The number of rotatable bonds is 5. The number of allylic oxidation sites excluding steroid dienone is 2. The highest BCUT2D eigenvalue weighted by molar-refractivity contribution is 5.85. The molecule has 4 rings (SSSR count). The van der Waals surface area contributed by atoms with Crippen molar-refractivity contribution in [2.24, 2.45) is 39.4 Å². The van der Waals surface area contributed by atoms with Crippen LogP contribution >= 0.6 is 0 Å². The van der Waals surface area contributed by atoms with Gasteiger partial charge in [-0.2, -0.15) is 0 Å². The Kier molecular flexibility index (Phi) is 6.37. The highest BCUT2D eigenvalue weighted by atomic mass is 16.4.